The number of carbonyl (C=O) groups is 1. The fourth-order valence-corrected chi connectivity index (χ4v) is 2.31. The van der Waals surface area contributed by atoms with Crippen LogP contribution in [-0.2, 0) is 4.79 Å². The number of hydrogen-bond donors (Lipinski definition) is 0. The molecule has 2 aromatic heterocycles. The number of esters is 1. The van der Waals surface area contributed by atoms with Gasteiger partial charge in [0, 0.05) is 12.3 Å². The summed E-state index contributed by atoms with van der Waals surface area (Å²) in [7, 11) is 3.07. The summed E-state index contributed by atoms with van der Waals surface area (Å²) in [5.74, 6) is 0.868. The molecule has 0 spiro atoms. The Bertz CT molecular complexity index is 837. The molecule has 0 unspecified atom stereocenters. The third kappa shape index (κ3) is 2.05. The van der Waals surface area contributed by atoms with E-state index in [1.165, 1.54) is 14.0 Å². The minimum Gasteiger partial charge on any atom is -0.495 e. The van der Waals surface area contributed by atoms with Crippen LogP contribution >= 0.6 is 0 Å². The van der Waals surface area contributed by atoms with E-state index in [2.05, 4.69) is 4.98 Å². The molecule has 1 aromatic carbocycles. The maximum atomic E-state index is 11.2. The van der Waals surface area contributed by atoms with Crippen LogP contribution < -0.4 is 14.2 Å². The third-order valence-electron chi connectivity index (χ3n) is 3.10. The summed E-state index contributed by atoms with van der Waals surface area (Å²) in [6.07, 6.45) is 1.54. The molecule has 0 saturated carbocycles. The topological polar surface area (TPSA) is 70.8 Å². The Hall–Kier alpha value is -2.76. The summed E-state index contributed by atoms with van der Waals surface area (Å²) in [5, 5.41) is 1.52. The van der Waals surface area contributed by atoms with Gasteiger partial charge in [-0.2, -0.15) is 0 Å². The molecule has 3 rings (SSSR count). The molecule has 0 fully saturated rings. The van der Waals surface area contributed by atoms with Crippen molar-refractivity contribution in [2.75, 3.05) is 14.2 Å². The maximum absolute atomic E-state index is 11.2. The molecular formula is C15H13NO5. The van der Waals surface area contributed by atoms with Gasteiger partial charge in [0.1, 0.15) is 11.3 Å². The summed E-state index contributed by atoms with van der Waals surface area (Å²) in [6.45, 7) is 1.33. The van der Waals surface area contributed by atoms with Crippen molar-refractivity contribution in [3.05, 3.63) is 24.5 Å². The number of rotatable bonds is 3. The predicted molar refractivity (Wildman–Crippen MR) is 75.9 cm³/mol. The molecule has 0 bridgehead atoms. The molecule has 6 nitrogen and oxygen atoms in total. The van der Waals surface area contributed by atoms with Crippen LogP contribution in [0.1, 0.15) is 6.92 Å². The zero-order valence-electron chi connectivity index (χ0n) is 11.8. The van der Waals surface area contributed by atoms with Crippen molar-refractivity contribution in [2.45, 2.75) is 6.92 Å². The molecular weight excluding hydrogens is 274 g/mol. The molecule has 0 aliphatic rings. The first kappa shape index (κ1) is 13.2. The average molecular weight is 287 g/mol. The Balaban J connectivity index is 2.38. The maximum Gasteiger partial charge on any atom is 0.308 e. The van der Waals surface area contributed by atoms with Gasteiger partial charge in [-0.25, -0.2) is 4.98 Å². The Morgan fingerprint density at radius 1 is 1.10 bits per heavy atom. The van der Waals surface area contributed by atoms with Gasteiger partial charge >= 0.3 is 5.97 Å². The van der Waals surface area contributed by atoms with Crippen LogP contribution in [0.2, 0.25) is 0 Å². The Morgan fingerprint density at radius 3 is 2.52 bits per heavy atom. The van der Waals surface area contributed by atoms with Crippen molar-refractivity contribution in [1.29, 1.82) is 0 Å². The van der Waals surface area contributed by atoms with Gasteiger partial charge in [-0.1, -0.05) is 0 Å². The predicted octanol–water partition coefficient (Wildman–Crippen LogP) is 2.92. The number of fused-ring (bicyclic) bond motifs is 2. The molecule has 0 radical (unpaired) electrons. The van der Waals surface area contributed by atoms with E-state index in [1.54, 1.807) is 31.6 Å². The van der Waals surface area contributed by atoms with E-state index < -0.39 is 5.97 Å². The lowest BCUT2D eigenvalue weighted by molar-refractivity contribution is -0.131. The molecule has 0 aliphatic heterocycles. The number of furan rings is 1. The van der Waals surface area contributed by atoms with Crippen molar-refractivity contribution in [3.63, 3.8) is 0 Å². The molecule has 0 amide bonds. The van der Waals surface area contributed by atoms with Gasteiger partial charge < -0.3 is 18.6 Å². The van der Waals surface area contributed by atoms with Crippen molar-refractivity contribution in [2.24, 2.45) is 0 Å². The van der Waals surface area contributed by atoms with Gasteiger partial charge in [-0.05, 0) is 18.2 Å². The number of aromatic nitrogens is 1. The first-order valence-corrected chi connectivity index (χ1v) is 6.26. The van der Waals surface area contributed by atoms with E-state index in [0.717, 1.165) is 10.8 Å². The summed E-state index contributed by atoms with van der Waals surface area (Å²) in [4.78, 5) is 15.6. The molecule has 0 N–H and O–H groups in total. The van der Waals surface area contributed by atoms with Crippen molar-refractivity contribution in [1.82, 2.24) is 4.98 Å². The highest BCUT2D eigenvalue weighted by Crippen LogP contribution is 2.41. The van der Waals surface area contributed by atoms with E-state index in [4.69, 9.17) is 18.6 Å². The second-order valence-corrected chi connectivity index (χ2v) is 4.37. The molecule has 0 saturated heterocycles. The molecule has 108 valence electrons. The highest BCUT2D eigenvalue weighted by molar-refractivity contribution is 6.02. The molecule has 0 atom stereocenters. The summed E-state index contributed by atoms with van der Waals surface area (Å²) in [5.41, 5.74) is 0.938. The number of carbonyl (C=O) groups excluding carboxylic acids is 1. The van der Waals surface area contributed by atoms with E-state index in [1.807, 2.05) is 0 Å². The Kier molecular flexibility index (Phi) is 3.13. The van der Waals surface area contributed by atoms with Crippen LogP contribution in [0, 0.1) is 0 Å². The molecule has 3 aromatic rings. The lowest BCUT2D eigenvalue weighted by Crippen LogP contribution is -2.03. The van der Waals surface area contributed by atoms with Crippen molar-refractivity contribution >= 4 is 28.0 Å². The van der Waals surface area contributed by atoms with Gasteiger partial charge in [0.15, 0.2) is 11.5 Å². The fraction of sp³-hybridized carbons (Fsp3) is 0.200. The smallest absolute Gasteiger partial charge is 0.308 e. The van der Waals surface area contributed by atoms with E-state index in [0.29, 0.717) is 28.5 Å². The average Bonchev–Trinajstić information content (AvgIpc) is 2.92. The van der Waals surface area contributed by atoms with Crippen LogP contribution in [0.25, 0.3) is 22.0 Å². The lowest BCUT2D eigenvalue weighted by atomic mass is 10.1. The number of ether oxygens (including phenoxy) is 3. The third-order valence-corrected chi connectivity index (χ3v) is 3.10. The number of hydrogen-bond acceptors (Lipinski definition) is 6. The van der Waals surface area contributed by atoms with Gasteiger partial charge in [0.2, 0.25) is 5.71 Å². The summed E-state index contributed by atoms with van der Waals surface area (Å²) >= 11 is 0. The zero-order chi connectivity index (χ0) is 15.0. The largest absolute Gasteiger partial charge is 0.495 e. The van der Waals surface area contributed by atoms with Crippen molar-refractivity contribution in [3.8, 4) is 17.2 Å². The first-order valence-electron chi connectivity index (χ1n) is 6.26. The highest BCUT2D eigenvalue weighted by Gasteiger charge is 2.19. The first-order chi connectivity index (χ1) is 10.2. The Morgan fingerprint density at radius 2 is 1.86 bits per heavy atom. The highest BCUT2D eigenvalue weighted by atomic mass is 16.6. The standard InChI is InChI=1S/C15H13NO5/c1-8(17)21-11-5-4-9-12(14(11)19-3)16-15-10(6-7-20-15)13(9)18-2/h4-7H,1-3H3. The summed E-state index contributed by atoms with van der Waals surface area (Å²) < 4.78 is 21.3. The number of pyridine rings is 1. The van der Waals surface area contributed by atoms with Gasteiger partial charge in [-0.3, -0.25) is 4.79 Å². The van der Waals surface area contributed by atoms with Gasteiger partial charge in [-0.15, -0.1) is 0 Å². The van der Waals surface area contributed by atoms with Gasteiger partial charge in [0.25, 0.3) is 0 Å². The molecule has 6 heteroatoms. The fourth-order valence-electron chi connectivity index (χ4n) is 2.31. The molecule has 2 heterocycles. The van der Waals surface area contributed by atoms with Crippen LogP contribution in [0.15, 0.2) is 28.9 Å². The number of methoxy groups -OCH3 is 2. The minimum absolute atomic E-state index is 0.304. The van der Waals surface area contributed by atoms with E-state index in [9.17, 15) is 4.79 Å². The minimum atomic E-state index is -0.432. The van der Waals surface area contributed by atoms with Crippen LogP contribution in [0.4, 0.5) is 0 Å². The monoisotopic (exact) mass is 287 g/mol. The SMILES string of the molecule is COc1c2ccoc2nc2c(OC)c(OC(C)=O)ccc12. The summed E-state index contributed by atoms with van der Waals surface area (Å²) in [6, 6.07) is 5.21. The van der Waals surface area contributed by atoms with E-state index in [-0.39, 0.29) is 0 Å². The second-order valence-electron chi connectivity index (χ2n) is 4.37. The zero-order valence-corrected chi connectivity index (χ0v) is 11.8. The van der Waals surface area contributed by atoms with Crippen LogP contribution in [0.3, 0.4) is 0 Å². The van der Waals surface area contributed by atoms with Crippen LogP contribution in [0.5, 0.6) is 17.2 Å². The van der Waals surface area contributed by atoms with Crippen molar-refractivity contribution < 1.29 is 23.4 Å². The quantitative estimate of drug-likeness (QED) is 0.545. The van der Waals surface area contributed by atoms with E-state index >= 15 is 0 Å². The second kappa shape index (κ2) is 4.97. The molecule has 0 aliphatic carbocycles. The Labute approximate surface area is 120 Å². The van der Waals surface area contributed by atoms with Gasteiger partial charge in [0.05, 0.1) is 25.9 Å². The lowest BCUT2D eigenvalue weighted by Gasteiger charge is -2.12. The number of nitrogens with zero attached hydrogens (tertiary/aromatic N) is 1. The number of benzene rings is 1. The van der Waals surface area contributed by atoms with Crippen LogP contribution in [-0.4, -0.2) is 25.2 Å². The molecule has 21 heavy (non-hydrogen) atoms. The normalized spacial score (nSPS) is 10.8.